The number of hydrogen-bond donors (Lipinski definition) is 1. The van der Waals surface area contributed by atoms with Crippen LogP contribution in [0.25, 0.3) is 0 Å². The molecule has 0 saturated heterocycles. The molecule has 2 nitrogen and oxygen atoms in total. The first-order valence-electron chi connectivity index (χ1n) is 6.87. The van der Waals surface area contributed by atoms with Gasteiger partial charge in [-0.1, -0.05) is 53.7 Å². The van der Waals surface area contributed by atoms with Gasteiger partial charge >= 0.3 is 0 Å². The van der Waals surface area contributed by atoms with Gasteiger partial charge in [-0.05, 0) is 37.0 Å². The van der Waals surface area contributed by atoms with Crippen molar-refractivity contribution >= 4 is 33.4 Å². The molecule has 1 aliphatic rings. The van der Waals surface area contributed by atoms with Crippen LogP contribution in [0.15, 0.2) is 22.7 Å². The second-order valence-corrected chi connectivity index (χ2v) is 6.48. The van der Waals surface area contributed by atoms with E-state index in [1.54, 1.807) is 12.1 Å². The summed E-state index contributed by atoms with van der Waals surface area (Å²) in [5.74, 6) is 0.542. The zero-order valence-corrected chi connectivity index (χ0v) is 13.4. The van der Waals surface area contributed by atoms with Gasteiger partial charge in [-0.3, -0.25) is 4.79 Å². The summed E-state index contributed by atoms with van der Waals surface area (Å²) in [6, 6.07) is 5.66. The van der Waals surface area contributed by atoms with Crippen LogP contribution in [0.5, 0.6) is 0 Å². The van der Waals surface area contributed by atoms with Crippen LogP contribution in [-0.4, -0.2) is 11.9 Å². The summed E-state index contributed by atoms with van der Waals surface area (Å²) in [5.41, 5.74) is 0.552. The fraction of sp³-hybridized carbons (Fsp3) is 0.533. The maximum atomic E-state index is 12.3. The van der Waals surface area contributed by atoms with Crippen molar-refractivity contribution in [3.63, 3.8) is 0 Å². The highest BCUT2D eigenvalue weighted by Gasteiger charge is 2.25. The van der Waals surface area contributed by atoms with Crippen LogP contribution in [0, 0.1) is 5.92 Å². The number of carbonyl (C=O) groups is 1. The van der Waals surface area contributed by atoms with Crippen molar-refractivity contribution in [3.05, 3.63) is 33.3 Å². The van der Waals surface area contributed by atoms with Crippen molar-refractivity contribution in [2.45, 2.75) is 45.1 Å². The van der Waals surface area contributed by atoms with E-state index in [1.807, 2.05) is 6.07 Å². The van der Waals surface area contributed by atoms with Gasteiger partial charge in [-0.15, -0.1) is 0 Å². The second kappa shape index (κ2) is 6.76. The molecule has 104 valence electrons. The Labute approximate surface area is 128 Å². The average Bonchev–Trinajstić information content (AvgIpc) is 2.42. The molecular weight excluding hydrogens is 326 g/mol. The normalized spacial score (nSPS) is 23.1. The van der Waals surface area contributed by atoms with Crippen molar-refractivity contribution in [1.82, 2.24) is 5.32 Å². The molecule has 1 saturated carbocycles. The third-order valence-corrected chi connectivity index (χ3v) is 4.75. The Morgan fingerprint density at radius 2 is 2.16 bits per heavy atom. The van der Waals surface area contributed by atoms with E-state index in [-0.39, 0.29) is 5.91 Å². The lowest BCUT2D eigenvalue weighted by molar-refractivity contribution is 0.0905. The molecule has 1 aromatic carbocycles. The van der Waals surface area contributed by atoms with Crippen LogP contribution in [0.1, 0.15) is 49.4 Å². The largest absolute Gasteiger partial charge is 0.349 e. The van der Waals surface area contributed by atoms with Crippen LogP contribution in [0.3, 0.4) is 0 Å². The lowest BCUT2D eigenvalue weighted by Crippen LogP contribution is -2.42. The van der Waals surface area contributed by atoms with Gasteiger partial charge in [0.2, 0.25) is 0 Å². The Bertz CT molecular complexity index is 463. The van der Waals surface area contributed by atoms with Gasteiger partial charge in [0, 0.05) is 10.5 Å². The minimum Gasteiger partial charge on any atom is -0.349 e. The molecule has 0 heterocycles. The molecule has 0 radical (unpaired) electrons. The number of hydrogen-bond acceptors (Lipinski definition) is 1. The lowest BCUT2D eigenvalue weighted by atomic mass is 9.83. The monoisotopic (exact) mass is 343 g/mol. The van der Waals surface area contributed by atoms with Gasteiger partial charge in [-0.25, -0.2) is 0 Å². The predicted molar refractivity (Wildman–Crippen MR) is 82.7 cm³/mol. The topological polar surface area (TPSA) is 29.1 Å². The van der Waals surface area contributed by atoms with E-state index in [4.69, 9.17) is 11.6 Å². The van der Waals surface area contributed by atoms with Gasteiger partial charge in [0.1, 0.15) is 0 Å². The minimum absolute atomic E-state index is 0.0587. The molecule has 0 aliphatic heterocycles. The highest BCUT2D eigenvalue weighted by molar-refractivity contribution is 9.10. The van der Waals surface area contributed by atoms with Crippen LogP contribution in [0.2, 0.25) is 5.02 Å². The van der Waals surface area contributed by atoms with Crippen LogP contribution >= 0.6 is 27.5 Å². The Morgan fingerprint density at radius 1 is 1.42 bits per heavy atom. The molecule has 19 heavy (non-hydrogen) atoms. The summed E-state index contributed by atoms with van der Waals surface area (Å²) in [5, 5.41) is 3.66. The van der Waals surface area contributed by atoms with E-state index in [0.29, 0.717) is 22.5 Å². The first kappa shape index (κ1) is 14.9. The zero-order chi connectivity index (χ0) is 13.8. The van der Waals surface area contributed by atoms with Crippen LogP contribution < -0.4 is 5.32 Å². The van der Waals surface area contributed by atoms with E-state index in [2.05, 4.69) is 28.2 Å². The first-order chi connectivity index (χ1) is 9.11. The lowest BCUT2D eigenvalue weighted by Gasteiger charge is -2.31. The van der Waals surface area contributed by atoms with Gasteiger partial charge < -0.3 is 5.32 Å². The van der Waals surface area contributed by atoms with E-state index >= 15 is 0 Å². The molecular formula is C15H19BrClNO. The summed E-state index contributed by atoms with van der Waals surface area (Å²) in [7, 11) is 0. The number of rotatable bonds is 3. The van der Waals surface area contributed by atoms with Crippen LogP contribution in [0.4, 0.5) is 0 Å². The number of carbonyl (C=O) groups excluding carboxylic acids is 1. The Kier molecular flexibility index (Phi) is 5.28. The molecule has 1 N–H and O–H groups in total. The smallest absolute Gasteiger partial charge is 0.253 e. The molecule has 1 aliphatic carbocycles. The summed E-state index contributed by atoms with van der Waals surface area (Å²) >= 11 is 9.47. The number of nitrogens with one attached hydrogen (secondary N) is 1. The molecule has 1 aromatic rings. The predicted octanol–water partition coefficient (Wildman–Crippen LogP) is 4.80. The summed E-state index contributed by atoms with van der Waals surface area (Å²) in [4.78, 5) is 12.3. The molecule has 2 unspecified atom stereocenters. The van der Waals surface area contributed by atoms with Gasteiger partial charge in [0.05, 0.1) is 10.6 Å². The summed E-state index contributed by atoms with van der Waals surface area (Å²) in [6.07, 6.45) is 5.90. The zero-order valence-electron chi connectivity index (χ0n) is 11.1. The summed E-state index contributed by atoms with van der Waals surface area (Å²) in [6.45, 7) is 2.20. The van der Waals surface area contributed by atoms with Crippen molar-refractivity contribution < 1.29 is 4.79 Å². The van der Waals surface area contributed by atoms with Gasteiger partial charge in [0.15, 0.2) is 0 Å². The Hall–Kier alpha value is -0.540. The number of amides is 1. The van der Waals surface area contributed by atoms with E-state index in [1.165, 1.54) is 19.3 Å². The van der Waals surface area contributed by atoms with Crippen LogP contribution in [-0.2, 0) is 0 Å². The summed E-state index contributed by atoms with van der Waals surface area (Å²) < 4.78 is 0.873. The maximum absolute atomic E-state index is 12.3. The second-order valence-electron chi connectivity index (χ2n) is 5.16. The van der Waals surface area contributed by atoms with Crippen molar-refractivity contribution in [1.29, 1.82) is 0 Å². The van der Waals surface area contributed by atoms with E-state index in [9.17, 15) is 4.79 Å². The van der Waals surface area contributed by atoms with E-state index in [0.717, 1.165) is 17.3 Å². The Balaban J connectivity index is 2.09. The third-order valence-electron chi connectivity index (χ3n) is 3.92. The molecule has 1 amide bonds. The fourth-order valence-electron chi connectivity index (χ4n) is 2.80. The van der Waals surface area contributed by atoms with Gasteiger partial charge in [-0.2, -0.15) is 0 Å². The van der Waals surface area contributed by atoms with Crippen molar-refractivity contribution in [2.24, 2.45) is 5.92 Å². The maximum Gasteiger partial charge on any atom is 0.253 e. The molecule has 4 heteroatoms. The minimum atomic E-state index is -0.0587. The molecule has 2 rings (SSSR count). The Morgan fingerprint density at radius 3 is 2.89 bits per heavy atom. The molecule has 1 fully saturated rings. The molecule has 0 spiro atoms. The molecule has 0 bridgehead atoms. The highest BCUT2D eigenvalue weighted by atomic mass is 79.9. The van der Waals surface area contributed by atoms with E-state index < -0.39 is 0 Å². The quantitative estimate of drug-likeness (QED) is 0.838. The SMILES string of the molecule is CCC1CCCCC1NC(=O)c1cc(Br)ccc1Cl. The van der Waals surface area contributed by atoms with Gasteiger partial charge in [0.25, 0.3) is 5.91 Å². The third kappa shape index (κ3) is 3.73. The van der Waals surface area contributed by atoms with Crippen molar-refractivity contribution in [2.75, 3.05) is 0 Å². The number of halogens is 2. The average molecular weight is 345 g/mol. The highest BCUT2D eigenvalue weighted by Crippen LogP contribution is 2.28. The fourth-order valence-corrected chi connectivity index (χ4v) is 3.37. The molecule has 2 atom stereocenters. The van der Waals surface area contributed by atoms with Crippen molar-refractivity contribution in [3.8, 4) is 0 Å². The number of benzene rings is 1. The first-order valence-corrected chi connectivity index (χ1v) is 8.04. The molecule has 0 aromatic heterocycles. The standard InChI is InChI=1S/C15H19BrClNO/c1-2-10-5-3-4-6-14(10)18-15(19)12-9-11(16)7-8-13(12)17/h7-10,14H,2-6H2,1H3,(H,18,19).